The number of rotatable bonds is 8. The van der Waals surface area contributed by atoms with Gasteiger partial charge in [-0.1, -0.05) is 0 Å². The lowest BCUT2D eigenvalue weighted by Gasteiger charge is -2.35. The quantitative estimate of drug-likeness (QED) is 0.661. The van der Waals surface area contributed by atoms with E-state index in [1.807, 2.05) is 4.90 Å². The number of carbonyl (C=O) groups is 1. The standard InChI is InChI=1S/C23H30N2O7/c1-28-17-10-15(11-18(29-2)21(17)26)14-24-6-8-25(9-7-24)23(27)16-12-19(30-3)22(32-5)20(13-16)31-4/h10-13,26H,6-9,14H2,1-5H3. The summed E-state index contributed by atoms with van der Waals surface area (Å²) in [6.45, 7) is 3.24. The van der Waals surface area contributed by atoms with Crippen LogP contribution in [0.5, 0.6) is 34.5 Å². The number of hydrogen-bond donors (Lipinski definition) is 1. The molecule has 0 unspecified atom stereocenters. The summed E-state index contributed by atoms with van der Waals surface area (Å²) in [6, 6.07) is 6.94. The van der Waals surface area contributed by atoms with Crippen LogP contribution in [0.15, 0.2) is 24.3 Å². The number of amides is 1. The monoisotopic (exact) mass is 446 g/mol. The fourth-order valence-corrected chi connectivity index (χ4v) is 3.79. The summed E-state index contributed by atoms with van der Waals surface area (Å²) < 4.78 is 26.5. The van der Waals surface area contributed by atoms with Crippen LogP contribution in [0, 0.1) is 0 Å². The van der Waals surface area contributed by atoms with Crippen molar-refractivity contribution in [2.24, 2.45) is 0 Å². The minimum absolute atomic E-state index is 0.0143. The maximum Gasteiger partial charge on any atom is 0.254 e. The van der Waals surface area contributed by atoms with Gasteiger partial charge in [0.05, 0.1) is 35.5 Å². The number of phenols is 1. The number of carbonyl (C=O) groups excluding carboxylic acids is 1. The van der Waals surface area contributed by atoms with Crippen molar-refractivity contribution in [3.05, 3.63) is 35.4 Å². The first kappa shape index (κ1) is 23.3. The Bertz CT molecular complexity index is 905. The van der Waals surface area contributed by atoms with E-state index in [2.05, 4.69) is 4.90 Å². The van der Waals surface area contributed by atoms with E-state index in [4.69, 9.17) is 23.7 Å². The molecule has 0 radical (unpaired) electrons. The van der Waals surface area contributed by atoms with E-state index in [1.54, 1.807) is 24.3 Å². The molecule has 2 aromatic carbocycles. The molecular formula is C23H30N2O7. The van der Waals surface area contributed by atoms with Gasteiger partial charge in [-0.25, -0.2) is 0 Å². The number of methoxy groups -OCH3 is 5. The third-order valence-corrected chi connectivity index (χ3v) is 5.52. The predicted octanol–water partition coefficient (Wildman–Crippen LogP) is 2.39. The van der Waals surface area contributed by atoms with Crippen LogP contribution in [0.3, 0.4) is 0 Å². The van der Waals surface area contributed by atoms with E-state index >= 15 is 0 Å². The van der Waals surface area contributed by atoms with Crippen LogP contribution in [0.1, 0.15) is 15.9 Å². The maximum atomic E-state index is 13.1. The summed E-state index contributed by atoms with van der Waals surface area (Å²) in [6.07, 6.45) is 0. The highest BCUT2D eigenvalue weighted by molar-refractivity contribution is 5.95. The second-order valence-corrected chi connectivity index (χ2v) is 7.33. The Balaban J connectivity index is 1.68. The Kier molecular flexibility index (Phi) is 7.53. The van der Waals surface area contributed by atoms with Gasteiger partial charge in [-0.15, -0.1) is 0 Å². The molecule has 3 rings (SSSR count). The lowest BCUT2D eigenvalue weighted by molar-refractivity contribution is 0.0627. The van der Waals surface area contributed by atoms with Crippen LogP contribution in [-0.2, 0) is 6.54 Å². The number of phenolic OH excluding ortho intramolecular Hbond substituents is 1. The highest BCUT2D eigenvalue weighted by Gasteiger charge is 2.25. The third kappa shape index (κ3) is 4.77. The first-order chi connectivity index (χ1) is 15.4. The zero-order valence-corrected chi connectivity index (χ0v) is 19.1. The van der Waals surface area contributed by atoms with Crippen molar-refractivity contribution >= 4 is 5.91 Å². The molecule has 0 spiro atoms. The highest BCUT2D eigenvalue weighted by atomic mass is 16.5. The Morgan fingerprint density at radius 2 is 1.28 bits per heavy atom. The Labute approximate surface area is 188 Å². The van der Waals surface area contributed by atoms with Gasteiger partial charge in [0.25, 0.3) is 5.91 Å². The Morgan fingerprint density at radius 1 is 0.781 bits per heavy atom. The number of aromatic hydroxyl groups is 1. The third-order valence-electron chi connectivity index (χ3n) is 5.52. The molecule has 2 aromatic rings. The van der Waals surface area contributed by atoms with E-state index in [9.17, 15) is 9.90 Å². The molecule has 9 heteroatoms. The molecule has 0 bridgehead atoms. The molecule has 0 aliphatic carbocycles. The molecule has 174 valence electrons. The van der Waals surface area contributed by atoms with Crippen LogP contribution >= 0.6 is 0 Å². The van der Waals surface area contributed by atoms with Gasteiger partial charge in [0.1, 0.15) is 0 Å². The fourth-order valence-electron chi connectivity index (χ4n) is 3.79. The molecule has 1 N–H and O–H groups in total. The van der Waals surface area contributed by atoms with Gasteiger partial charge in [-0.3, -0.25) is 9.69 Å². The highest BCUT2D eigenvalue weighted by Crippen LogP contribution is 2.39. The number of hydrogen-bond acceptors (Lipinski definition) is 8. The summed E-state index contributed by atoms with van der Waals surface area (Å²) >= 11 is 0. The molecule has 0 atom stereocenters. The van der Waals surface area contributed by atoms with Gasteiger partial charge in [0.15, 0.2) is 23.0 Å². The zero-order chi connectivity index (χ0) is 23.3. The maximum absolute atomic E-state index is 13.1. The summed E-state index contributed by atoms with van der Waals surface area (Å²) in [5, 5.41) is 10.1. The van der Waals surface area contributed by atoms with Crippen molar-refractivity contribution in [1.82, 2.24) is 9.80 Å². The van der Waals surface area contributed by atoms with Crippen molar-refractivity contribution in [3.63, 3.8) is 0 Å². The van der Waals surface area contributed by atoms with Crippen LogP contribution in [-0.4, -0.2) is 82.5 Å². The van der Waals surface area contributed by atoms with Gasteiger partial charge in [-0.2, -0.15) is 0 Å². The van der Waals surface area contributed by atoms with Crippen molar-refractivity contribution < 1.29 is 33.6 Å². The molecule has 1 saturated heterocycles. The van der Waals surface area contributed by atoms with Crippen LogP contribution in [0.25, 0.3) is 0 Å². The zero-order valence-electron chi connectivity index (χ0n) is 19.1. The predicted molar refractivity (Wildman–Crippen MR) is 118 cm³/mol. The van der Waals surface area contributed by atoms with Gasteiger partial charge in [0, 0.05) is 38.3 Å². The van der Waals surface area contributed by atoms with Gasteiger partial charge >= 0.3 is 0 Å². The van der Waals surface area contributed by atoms with Crippen LogP contribution in [0.2, 0.25) is 0 Å². The summed E-state index contributed by atoms with van der Waals surface area (Å²) in [7, 11) is 7.59. The SMILES string of the molecule is COc1cc(CN2CCN(C(=O)c3cc(OC)c(OC)c(OC)c3)CC2)cc(OC)c1O. The molecule has 32 heavy (non-hydrogen) atoms. The van der Waals surface area contributed by atoms with Crippen molar-refractivity contribution in [3.8, 4) is 34.5 Å². The average molecular weight is 447 g/mol. The molecule has 1 aliphatic heterocycles. The van der Waals surface area contributed by atoms with E-state index < -0.39 is 0 Å². The minimum atomic E-state index is -0.0862. The van der Waals surface area contributed by atoms with Crippen molar-refractivity contribution in [2.45, 2.75) is 6.54 Å². The molecular weight excluding hydrogens is 416 g/mol. The summed E-state index contributed by atoms with van der Waals surface area (Å²) in [5.74, 6) is 1.99. The topological polar surface area (TPSA) is 89.9 Å². The van der Waals surface area contributed by atoms with E-state index in [1.165, 1.54) is 35.5 Å². The average Bonchev–Trinajstić information content (AvgIpc) is 2.83. The van der Waals surface area contributed by atoms with Crippen LogP contribution < -0.4 is 23.7 Å². The molecule has 0 saturated carbocycles. The molecule has 1 heterocycles. The van der Waals surface area contributed by atoms with Crippen molar-refractivity contribution in [2.75, 3.05) is 61.7 Å². The van der Waals surface area contributed by atoms with E-state index in [0.717, 1.165) is 5.56 Å². The van der Waals surface area contributed by atoms with Gasteiger partial charge < -0.3 is 33.7 Å². The number of benzene rings is 2. The normalized spacial score (nSPS) is 14.1. The fraction of sp³-hybridized carbons (Fsp3) is 0.435. The van der Waals surface area contributed by atoms with Crippen molar-refractivity contribution in [1.29, 1.82) is 0 Å². The number of piperazine rings is 1. The van der Waals surface area contributed by atoms with Crippen LogP contribution in [0.4, 0.5) is 0 Å². The van der Waals surface area contributed by atoms with E-state index in [0.29, 0.717) is 67.0 Å². The second-order valence-electron chi connectivity index (χ2n) is 7.33. The Morgan fingerprint density at radius 3 is 1.72 bits per heavy atom. The summed E-state index contributed by atoms with van der Waals surface area (Å²) in [5.41, 5.74) is 1.45. The molecule has 9 nitrogen and oxygen atoms in total. The van der Waals surface area contributed by atoms with E-state index in [-0.39, 0.29) is 11.7 Å². The molecule has 0 aromatic heterocycles. The minimum Gasteiger partial charge on any atom is -0.502 e. The largest absolute Gasteiger partial charge is 0.502 e. The number of nitrogens with zero attached hydrogens (tertiary/aromatic N) is 2. The lowest BCUT2D eigenvalue weighted by Crippen LogP contribution is -2.48. The smallest absolute Gasteiger partial charge is 0.254 e. The lowest BCUT2D eigenvalue weighted by atomic mass is 10.1. The number of ether oxygens (including phenoxy) is 5. The first-order valence-corrected chi connectivity index (χ1v) is 10.2. The summed E-state index contributed by atoms with van der Waals surface area (Å²) in [4.78, 5) is 17.2. The van der Waals surface area contributed by atoms with Gasteiger partial charge in [-0.05, 0) is 29.8 Å². The Hall–Kier alpha value is -3.33. The van der Waals surface area contributed by atoms with Gasteiger partial charge in [0.2, 0.25) is 11.5 Å². The second kappa shape index (κ2) is 10.3. The molecule has 1 fully saturated rings. The first-order valence-electron chi connectivity index (χ1n) is 10.2. The molecule has 1 amide bonds. The molecule has 1 aliphatic rings.